The Labute approximate surface area is 158 Å². The highest BCUT2D eigenvalue weighted by atomic mass is 16.5. The molecule has 9 nitrogen and oxygen atoms in total. The van der Waals surface area contributed by atoms with Crippen molar-refractivity contribution in [2.45, 2.75) is 32.2 Å². The molecular weight excluding hydrogens is 348 g/mol. The highest BCUT2D eigenvalue weighted by Crippen LogP contribution is 2.30. The summed E-state index contributed by atoms with van der Waals surface area (Å²) >= 11 is 0. The molecule has 0 aromatic carbocycles. The van der Waals surface area contributed by atoms with E-state index in [1.165, 1.54) is 0 Å². The summed E-state index contributed by atoms with van der Waals surface area (Å²) in [6.07, 6.45) is 2.70. The molecule has 0 unspecified atom stereocenters. The van der Waals surface area contributed by atoms with Gasteiger partial charge in [0.1, 0.15) is 22.7 Å². The fraction of sp³-hybridized carbons (Fsp3) is 0.556. The molecule has 0 atom stereocenters. The molecule has 0 spiro atoms. The van der Waals surface area contributed by atoms with E-state index >= 15 is 0 Å². The van der Waals surface area contributed by atoms with Crippen molar-refractivity contribution in [2.75, 3.05) is 32.5 Å². The lowest BCUT2D eigenvalue weighted by Gasteiger charge is -2.42. The predicted molar refractivity (Wildman–Crippen MR) is 99.4 cm³/mol. The van der Waals surface area contributed by atoms with Crippen molar-refractivity contribution >= 4 is 17.6 Å². The molecule has 2 aromatic rings. The van der Waals surface area contributed by atoms with E-state index in [1.807, 2.05) is 13.1 Å². The number of nitrogens with one attached hydrogen (secondary N) is 1. The second-order valence-corrected chi connectivity index (χ2v) is 7.24. The van der Waals surface area contributed by atoms with Crippen LogP contribution >= 0.6 is 0 Å². The van der Waals surface area contributed by atoms with Gasteiger partial charge in [-0.05, 0) is 26.7 Å². The zero-order chi connectivity index (χ0) is 19.8. The number of likely N-dealkylation sites (N-methyl/N-ethyl adjacent to an activating group) is 1. The minimum atomic E-state index is -0.771. The minimum Gasteiger partial charge on any atom is -0.361 e. The number of hydrogen-bond donors (Lipinski definition) is 1. The third-order valence-electron chi connectivity index (χ3n) is 5.16. The Kier molecular flexibility index (Phi) is 4.95. The fourth-order valence-electron chi connectivity index (χ4n) is 3.60. The molecule has 1 fully saturated rings. The van der Waals surface area contributed by atoms with Crippen LogP contribution in [0.5, 0.6) is 0 Å². The van der Waals surface area contributed by atoms with Gasteiger partial charge in [0.25, 0.3) is 5.91 Å². The number of likely N-dealkylation sites (tertiary alicyclic amines) is 1. The normalized spacial score (nSPS) is 16.3. The largest absolute Gasteiger partial charge is 0.361 e. The smallest absolute Gasteiger partial charge is 0.259 e. The van der Waals surface area contributed by atoms with Gasteiger partial charge in [0.05, 0.1) is 11.9 Å². The summed E-state index contributed by atoms with van der Waals surface area (Å²) in [4.78, 5) is 29.2. The molecule has 0 aliphatic carbocycles. The minimum absolute atomic E-state index is 0.00635. The molecule has 3 rings (SSSR count). The van der Waals surface area contributed by atoms with Crippen molar-refractivity contribution in [3.05, 3.63) is 29.3 Å². The molecule has 146 valence electrons. The zero-order valence-corrected chi connectivity index (χ0v) is 16.4. The average molecular weight is 374 g/mol. The number of carbonyl (C=O) groups excluding carboxylic acids is 2. The van der Waals surface area contributed by atoms with Crippen LogP contribution in [0.25, 0.3) is 0 Å². The Hall–Kier alpha value is -2.84. The lowest BCUT2D eigenvalue weighted by molar-refractivity contribution is -0.135. The molecule has 0 saturated carbocycles. The molecule has 0 bridgehead atoms. The number of rotatable bonds is 4. The predicted octanol–water partition coefficient (Wildman–Crippen LogP) is 1.20. The Bertz CT molecular complexity index is 826. The molecule has 27 heavy (non-hydrogen) atoms. The van der Waals surface area contributed by atoms with Crippen molar-refractivity contribution < 1.29 is 14.1 Å². The van der Waals surface area contributed by atoms with Gasteiger partial charge in [0, 0.05) is 40.3 Å². The summed E-state index contributed by atoms with van der Waals surface area (Å²) in [6, 6.07) is 1.84. The number of hydrogen-bond acceptors (Lipinski definition) is 6. The van der Waals surface area contributed by atoms with Crippen molar-refractivity contribution in [1.82, 2.24) is 24.7 Å². The van der Waals surface area contributed by atoms with Crippen LogP contribution in [0.15, 0.2) is 16.8 Å². The Morgan fingerprint density at radius 3 is 2.41 bits per heavy atom. The van der Waals surface area contributed by atoms with Crippen LogP contribution in [-0.2, 0) is 11.8 Å². The number of nitrogens with zero attached hydrogens (tertiary/aromatic N) is 5. The third kappa shape index (κ3) is 3.41. The number of carbonyl (C=O) groups is 2. The molecule has 2 aromatic heterocycles. The van der Waals surface area contributed by atoms with Crippen LogP contribution < -0.4 is 5.32 Å². The molecule has 2 amide bonds. The second kappa shape index (κ2) is 7.05. The van der Waals surface area contributed by atoms with Crippen LogP contribution in [0.3, 0.4) is 0 Å². The first-order valence-electron chi connectivity index (χ1n) is 8.95. The lowest BCUT2D eigenvalue weighted by Crippen LogP contribution is -2.59. The van der Waals surface area contributed by atoms with E-state index in [4.69, 9.17) is 4.52 Å². The van der Waals surface area contributed by atoms with Crippen molar-refractivity contribution in [2.24, 2.45) is 7.05 Å². The van der Waals surface area contributed by atoms with Gasteiger partial charge in [-0.1, -0.05) is 5.16 Å². The second-order valence-electron chi connectivity index (χ2n) is 7.24. The van der Waals surface area contributed by atoms with Crippen LogP contribution in [0.4, 0.5) is 5.82 Å². The molecule has 3 heterocycles. The van der Waals surface area contributed by atoms with Gasteiger partial charge in [-0.2, -0.15) is 5.10 Å². The Morgan fingerprint density at radius 2 is 1.93 bits per heavy atom. The van der Waals surface area contributed by atoms with Crippen molar-refractivity contribution in [3.63, 3.8) is 0 Å². The van der Waals surface area contributed by atoms with Crippen LogP contribution in [0.2, 0.25) is 0 Å². The maximum absolute atomic E-state index is 13.0. The lowest BCUT2D eigenvalue weighted by atomic mass is 9.85. The molecule has 1 aliphatic heterocycles. The molecule has 9 heteroatoms. The van der Waals surface area contributed by atoms with E-state index in [0.29, 0.717) is 42.9 Å². The van der Waals surface area contributed by atoms with E-state index in [2.05, 4.69) is 15.6 Å². The summed E-state index contributed by atoms with van der Waals surface area (Å²) in [7, 11) is 5.32. The number of piperidine rings is 1. The summed E-state index contributed by atoms with van der Waals surface area (Å²) in [6.45, 7) is 4.43. The maximum atomic E-state index is 13.0. The molecule has 1 N–H and O–H groups in total. The third-order valence-corrected chi connectivity index (χ3v) is 5.16. The van der Waals surface area contributed by atoms with Gasteiger partial charge in [0.2, 0.25) is 5.91 Å². The maximum Gasteiger partial charge on any atom is 0.259 e. The number of anilines is 1. The molecule has 0 radical (unpaired) electrons. The quantitative estimate of drug-likeness (QED) is 0.864. The molecule has 1 saturated heterocycles. The van der Waals surface area contributed by atoms with Gasteiger partial charge < -0.3 is 19.6 Å². The van der Waals surface area contributed by atoms with Crippen molar-refractivity contribution in [3.8, 4) is 0 Å². The molecule has 1 aliphatic rings. The van der Waals surface area contributed by atoms with Gasteiger partial charge in [-0.25, -0.2) is 0 Å². The van der Waals surface area contributed by atoms with E-state index in [0.717, 1.165) is 5.82 Å². The monoisotopic (exact) mass is 374 g/mol. The van der Waals surface area contributed by atoms with Gasteiger partial charge in [0.15, 0.2) is 0 Å². The van der Waals surface area contributed by atoms with Crippen LogP contribution in [0.1, 0.15) is 34.7 Å². The highest BCUT2D eigenvalue weighted by Gasteiger charge is 2.44. The first kappa shape index (κ1) is 18.9. The van der Waals surface area contributed by atoms with E-state index in [9.17, 15) is 9.59 Å². The number of amides is 2. The first-order valence-corrected chi connectivity index (χ1v) is 8.95. The summed E-state index contributed by atoms with van der Waals surface area (Å²) in [5.41, 5.74) is 0.333. The van der Waals surface area contributed by atoms with Crippen LogP contribution in [0, 0.1) is 13.8 Å². The Morgan fingerprint density at radius 1 is 1.26 bits per heavy atom. The highest BCUT2D eigenvalue weighted by molar-refractivity contribution is 5.96. The van der Waals surface area contributed by atoms with E-state index in [-0.39, 0.29) is 11.8 Å². The Balaban J connectivity index is 1.80. The van der Waals surface area contributed by atoms with Gasteiger partial charge in [-0.3, -0.25) is 14.3 Å². The standard InChI is InChI=1S/C18H26N6O3/c1-12-15(13(2)27-21-12)16(25)24-10-7-18(8-11-24,17(26)22(3)4)20-14-6-9-19-23(14)5/h6,9,20H,7-8,10-11H2,1-5H3. The van der Waals surface area contributed by atoms with Crippen molar-refractivity contribution in [1.29, 1.82) is 0 Å². The number of aryl methyl sites for hydroxylation is 3. The summed E-state index contributed by atoms with van der Waals surface area (Å²) in [5.74, 6) is 1.19. The van der Waals surface area contributed by atoms with Crippen LogP contribution in [-0.4, -0.2) is 69.3 Å². The number of aromatic nitrogens is 3. The van der Waals surface area contributed by atoms with Gasteiger partial charge >= 0.3 is 0 Å². The van der Waals surface area contributed by atoms with Gasteiger partial charge in [-0.15, -0.1) is 0 Å². The molecular formula is C18H26N6O3. The topological polar surface area (TPSA) is 96.5 Å². The fourth-order valence-corrected chi connectivity index (χ4v) is 3.60. The van der Waals surface area contributed by atoms with E-state index in [1.54, 1.807) is 48.6 Å². The zero-order valence-electron chi connectivity index (χ0n) is 16.4. The first-order chi connectivity index (χ1) is 12.7. The van der Waals surface area contributed by atoms with E-state index < -0.39 is 5.54 Å². The SMILES string of the molecule is Cc1noc(C)c1C(=O)N1CCC(Nc2ccnn2C)(C(=O)N(C)C)CC1. The summed E-state index contributed by atoms with van der Waals surface area (Å²) in [5, 5.41) is 11.4. The summed E-state index contributed by atoms with van der Waals surface area (Å²) < 4.78 is 6.82. The average Bonchev–Trinajstić information content (AvgIpc) is 3.19.